The second-order valence-corrected chi connectivity index (χ2v) is 14.3. The maximum Gasteiger partial charge on any atom is 2.00 e. The monoisotopic (exact) mass is 848 g/mol. The molecule has 51 heavy (non-hydrogen) atoms. The number of ether oxygens (including phenoxy) is 2. The number of pyridine rings is 1. The molecule has 2 aromatic heterocycles. The van der Waals surface area contributed by atoms with Crippen LogP contribution >= 0.6 is 0 Å². The summed E-state index contributed by atoms with van der Waals surface area (Å²) < 4.78 is 15.5. The van der Waals surface area contributed by atoms with Gasteiger partial charge in [0.1, 0.15) is 23.7 Å². The van der Waals surface area contributed by atoms with Gasteiger partial charge in [0.25, 0.3) is 0 Å². The Morgan fingerprint density at radius 1 is 0.745 bits per heavy atom. The van der Waals surface area contributed by atoms with Crippen LogP contribution in [0.5, 0.6) is 11.5 Å². The molecule has 5 aromatic carbocycles. The SMILES string of the molecule is Cc1cc(Oc2[c-]c(C3=N[C@H](c4ccccc4)[C@@H](c4ccccc4)O3)c(C)cc2C)[c-]c(-n2c3ccc(C(C)(C)C)cc3c3cccnc32)c1.[Pt+2]. The number of hydrogen-bond acceptors (Lipinski definition) is 4. The van der Waals surface area contributed by atoms with E-state index in [0.29, 0.717) is 17.4 Å². The number of fused-ring (bicyclic) bond motifs is 3. The van der Waals surface area contributed by atoms with Gasteiger partial charge in [0.2, 0.25) is 0 Å². The van der Waals surface area contributed by atoms with Crippen LogP contribution in [0.15, 0.2) is 120 Å². The first-order chi connectivity index (χ1) is 24.1. The van der Waals surface area contributed by atoms with Gasteiger partial charge in [0.05, 0.1) is 5.52 Å². The standard InChI is InChI=1S/C45H39N3O2.Pt/c1-28-22-34(48-39-20-19-33(45(4,5)6)25-38(39)36-18-13-21-46-43(36)48)26-35(23-28)49-40-27-37(29(2)24-30(40)3)44-47-41(31-14-9-7-10-15-31)42(50-44)32-16-11-8-12-17-32;/h7-25,41-42H,1-6H3;/q-2;+2/t41-,42-;/m1./s1. The largest absolute Gasteiger partial charge is 2.00 e. The van der Waals surface area contributed by atoms with Crippen molar-refractivity contribution >= 4 is 27.8 Å². The molecule has 256 valence electrons. The molecule has 0 saturated heterocycles. The number of benzene rings is 5. The van der Waals surface area contributed by atoms with Crippen LogP contribution in [0.4, 0.5) is 0 Å². The van der Waals surface area contributed by atoms with Crippen molar-refractivity contribution in [3.05, 3.63) is 166 Å². The Kier molecular flexibility index (Phi) is 9.20. The van der Waals surface area contributed by atoms with Crippen LogP contribution in [0.1, 0.15) is 71.9 Å². The first-order valence-corrected chi connectivity index (χ1v) is 17.1. The van der Waals surface area contributed by atoms with E-state index in [2.05, 4.69) is 112 Å². The van der Waals surface area contributed by atoms with Gasteiger partial charge in [0.15, 0.2) is 0 Å². The van der Waals surface area contributed by atoms with E-state index in [1.807, 2.05) is 61.7 Å². The number of hydrogen-bond donors (Lipinski definition) is 0. The predicted octanol–water partition coefficient (Wildman–Crippen LogP) is 11.1. The Balaban J connectivity index is 0.00000406. The van der Waals surface area contributed by atoms with Gasteiger partial charge in [-0.3, -0.25) is 4.99 Å². The Morgan fingerprint density at radius 2 is 1.47 bits per heavy atom. The molecule has 5 nitrogen and oxygen atoms in total. The third-order valence-corrected chi connectivity index (χ3v) is 9.51. The second-order valence-electron chi connectivity index (χ2n) is 14.3. The van der Waals surface area contributed by atoms with E-state index in [0.717, 1.165) is 55.6 Å². The summed E-state index contributed by atoms with van der Waals surface area (Å²) in [4.78, 5) is 9.99. The Bertz CT molecular complexity index is 2410. The Hall–Kier alpha value is -4.99. The molecular formula is C45H39N3O2Pt. The van der Waals surface area contributed by atoms with Crippen LogP contribution in [0, 0.1) is 32.9 Å². The van der Waals surface area contributed by atoms with Crippen molar-refractivity contribution < 1.29 is 30.5 Å². The number of nitrogens with zero attached hydrogens (tertiary/aromatic N) is 3. The number of aromatic nitrogens is 2. The van der Waals surface area contributed by atoms with Crippen molar-refractivity contribution in [3.8, 4) is 17.2 Å². The normalized spacial score (nSPS) is 15.8. The molecule has 1 aliphatic rings. The molecule has 6 heteroatoms. The predicted molar refractivity (Wildman–Crippen MR) is 202 cm³/mol. The smallest absolute Gasteiger partial charge is 0.510 e. The summed E-state index contributed by atoms with van der Waals surface area (Å²) in [6.45, 7) is 12.9. The summed E-state index contributed by atoms with van der Waals surface area (Å²) in [5.74, 6) is 1.78. The Labute approximate surface area is 314 Å². The topological polar surface area (TPSA) is 48.6 Å². The number of aryl methyl sites for hydroxylation is 3. The third-order valence-electron chi connectivity index (χ3n) is 9.51. The molecular weight excluding hydrogens is 810 g/mol. The zero-order valence-corrected chi connectivity index (χ0v) is 31.9. The fourth-order valence-electron chi connectivity index (χ4n) is 6.93. The van der Waals surface area contributed by atoms with Gasteiger partial charge >= 0.3 is 21.1 Å². The van der Waals surface area contributed by atoms with Crippen LogP contribution in [0.25, 0.3) is 27.6 Å². The Morgan fingerprint density at radius 3 is 2.20 bits per heavy atom. The molecule has 0 aliphatic carbocycles. The number of aliphatic imine (C=N–C) groups is 1. The number of rotatable bonds is 6. The van der Waals surface area contributed by atoms with Crippen LogP contribution in [0.2, 0.25) is 0 Å². The molecule has 3 heterocycles. The molecule has 7 aromatic rings. The van der Waals surface area contributed by atoms with Gasteiger partial charge in [-0.05, 0) is 46.4 Å². The maximum atomic E-state index is 6.67. The average molecular weight is 849 g/mol. The average Bonchev–Trinajstić information content (AvgIpc) is 3.70. The summed E-state index contributed by atoms with van der Waals surface area (Å²) in [5.41, 5.74) is 10.2. The molecule has 0 bridgehead atoms. The van der Waals surface area contributed by atoms with Crippen molar-refractivity contribution in [3.63, 3.8) is 0 Å². The van der Waals surface area contributed by atoms with Crippen molar-refractivity contribution in [2.45, 2.75) is 59.1 Å². The summed E-state index contributed by atoms with van der Waals surface area (Å²) in [6.07, 6.45) is 1.60. The summed E-state index contributed by atoms with van der Waals surface area (Å²) in [7, 11) is 0. The molecule has 8 rings (SSSR count). The van der Waals surface area contributed by atoms with Crippen molar-refractivity contribution in [1.29, 1.82) is 0 Å². The maximum absolute atomic E-state index is 6.67. The van der Waals surface area contributed by atoms with Gasteiger partial charge in [-0.2, -0.15) is 5.56 Å². The van der Waals surface area contributed by atoms with E-state index >= 15 is 0 Å². The van der Waals surface area contributed by atoms with Crippen LogP contribution in [-0.2, 0) is 31.2 Å². The van der Waals surface area contributed by atoms with Gasteiger partial charge in [0, 0.05) is 28.5 Å². The minimum absolute atomic E-state index is 0. The first-order valence-electron chi connectivity index (χ1n) is 17.1. The summed E-state index contributed by atoms with van der Waals surface area (Å²) >= 11 is 0. The molecule has 1 aliphatic heterocycles. The summed E-state index contributed by atoms with van der Waals surface area (Å²) in [5, 5.41) is 2.28. The third kappa shape index (κ3) is 6.52. The molecule has 2 atom stereocenters. The van der Waals surface area contributed by atoms with Gasteiger partial charge in [-0.15, -0.1) is 29.8 Å². The fraction of sp³-hybridized carbons (Fsp3) is 0.200. The van der Waals surface area contributed by atoms with E-state index in [-0.39, 0.29) is 38.6 Å². The van der Waals surface area contributed by atoms with Crippen LogP contribution < -0.4 is 4.74 Å². The fourth-order valence-corrected chi connectivity index (χ4v) is 6.93. The van der Waals surface area contributed by atoms with E-state index in [1.54, 1.807) is 0 Å². The summed E-state index contributed by atoms with van der Waals surface area (Å²) in [6, 6.07) is 44.7. The molecule has 0 radical (unpaired) electrons. The van der Waals surface area contributed by atoms with Crippen molar-refractivity contribution in [1.82, 2.24) is 9.55 Å². The van der Waals surface area contributed by atoms with E-state index in [4.69, 9.17) is 19.5 Å². The minimum Gasteiger partial charge on any atom is -0.510 e. The second kappa shape index (κ2) is 13.6. The van der Waals surface area contributed by atoms with E-state index < -0.39 is 0 Å². The van der Waals surface area contributed by atoms with E-state index in [1.165, 1.54) is 10.9 Å². The quantitative estimate of drug-likeness (QED) is 0.157. The molecule has 0 unspecified atom stereocenters. The van der Waals surface area contributed by atoms with Gasteiger partial charge in [-0.1, -0.05) is 131 Å². The van der Waals surface area contributed by atoms with Crippen molar-refractivity contribution in [2.75, 3.05) is 0 Å². The molecule has 0 saturated carbocycles. The zero-order valence-electron chi connectivity index (χ0n) is 29.6. The molecule has 0 spiro atoms. The molecule has 0 fully saturated rings. The molecule has 0 amide bonds. The van der Waals surface area contributed by atoms with Crippen LogP contribution in [0.3, 0.4) is 0 Å². The van der Waals surface area contributed by atoms with Gasteiger partial charge in [-0.25, -0.2) is 4.98 Å². The van der Waals surface area contributed by atoms with Gasteiger partial charge < -0.3 is 14.0 Å². The van der Waals surface area contributed by atoms with Crippen LogP contribution in [-0.4, -0.2) is 15.4 Å². The zero-order chi connectivity index (χ0) is 34.6. The first kappa shape index (κ1) is 34.5. The minimum atomic E-state index is -0.251. The van der Waals surface area contributed by atoms with E-state index in [9.17, 15) is 0 Å². The molecule has 0 N–H and O–H groups in total. The van der Waals surface area contributed by atoms with Crippen molar-refractivity contribution in [2.24, 2.45) is 4.99 Å².